The maximum Gasteiger partial charge on any atom is 1.00 e. The summed E-state index contributed by atoms with van der Waals surface area (Å²) in [6, 6.07) is 16.4. The number of aryl methyl sites for hydroxylation is 1. The number of ether oxygens (including phenoxy) is 1. The Morgan fingerprint density at radius 2 is 1.63 bits per heavy atom. The van der Waals surface area contributed by atoms with Gasteiger partial charge in [0.25, 0.3) is 0 Å². The topological polar surface area (TPSA) is 116 Å². The van der Waals surface area contributed by atoms with E-state index < -0.39 is 23.8 Å². The van der Waals surface area contributed by atoms with Crippen LogP contribution >= 0.6 is 8.25 Å². The van der Waals surface area contributed by atoms with Crippen molar-refractivity contribution in [3.63, 3.8) is 0 Å². The quantitative estimate of drug-likeness (QED) is 0.215. The average molecular weight is 463 g/mol. The number of para-hydroxylation sites is 1. The number of rotatable bonds is 9. The van der Waals surface area contributed by atoms with E-state index in [1.807, 2.05) is 36.4 Å². The second-order valence-corrected chi connectivity index (χ2v) is 7.49. The zero-order chi connectivity index (χ0) is 18.3. The maximum atomic E-state index is 11.0. The van der Waals surface area contributed by atoms with E-state index in [4.69, 9.17) is 4.74 Å². The van der Waals surface area contributed by atoms with Gasteiger partial charge in [-0.1, -0.05) is 30.3 Å². The van der Waals surface area contributed by atoms with Gasteiger partial charge < -0.3 is 23.3 Å². The minimum absolute atomic E-state index is 0. The first kappa shape index (κ1) is 28.6. The maximum absolute atomic E-state index is 11.0. The Kier molecular flexibility index (Phi) is 15.4. The molecule has 2 aromatic rings. The van der Waals surface area contributed by atoms with Gasteiger partial charge in [-0.2, -0.15) is 0 Å². The average Bonchev–Trinajstić information content (AvgIpc) is 2.54. The van der Waals surface area contributed by atoms with Gasteiger partial charge in [-0.05, 0) is 49.1 Å². The van der Waals surface area contributed by atoms with E-state index in [1.165, 1.54) is 0 Å². The summed E-state index contributed by atoms with van der Waals surface area (Å²) >= 11 is 0. The molecule has 11 heteroatoms. The molecule has 0 N–H and O–H groups in total. The molecule has 27 heavy (non-hydrogen) atoms. The van der Waals surface area contributed by atoms with E-state index in [2.05, 4.69) is 4.52 Å². The van der Waals surface area contributed by atoms with Crippen LogP contribution in [0.1, 0.15) is 18.4 Å². The number of hydrogen-bond acceptors (Lipinski definition) is 7. The molecule has 0 amide bonds. The minimum atomic E-state index is -4.83. The van der Waals surface area contributed by atoms with Crippen LogP contribution in [0.5, 0.6) is 11.5 Å². The summed E-state index contributed by atoms with van der Waals surface area (Å²) in [6.07, 6.45) is 0.519. The zero-order valence-corrected chi connectivity index (χ0v) is 23.2. The SMILES string of the molecule is O=[PH]([O-])O[C@H](CCCc1cccc(Oc2ccccc2)c1)S(=O)(=O)[O-].[K+].[K+]. The summed E-state index contributed by atoms with van der Waals surface area (Å²) in [5.41, 5.74) is -1.01. The first-order chi connectivity index (χ1) is 11.8. The number of benzene rings is 2. The molecule has 0 radical (unpaired) electrons. The van der Waals surface area contributed by atoms with E-state index in [0.717, 1.165) is 5.56 Å². The molecule has 0 aliphatic rings. The first-order valence-corrected chi connectivity index (χ1v) is 10.2. The molecule has 2 aromatic carbocycles. The molecule has 0 aliphatic carbocycles. The van der Waals surface area contributed by atoms with Crippen LogP contribution in [0, 0.1) is 0 Å². The molecule has 0 heterocycles. The molecular formula is C16H17K2O7PS. The minimum Gasteiger partial charge on any atom is -0.781 e. The summed E-state index contributed by atoms with van der Waals surface area (Å²) in [6.45, 7) is 0. The van der Waals surface area contributed by atoms with Crippen molar-refractivity contribution >= 4 is 18.4 Å². The van der Waals surface area contributed by atoms with Crippen molar-refractivity contribution < 1.29 is 134 Å². The van der Waals surface area contributed by atoms with Crippen LogP contribution in [0.15, 0.2) is 54.6 Å². The van der Waals surface area contributed by atoms with E-state index >= 15 is 0 Å². The van der Waals surface area contributed by atoms with E-state index in [-0.39, 0.29) is 116 Å². The normalized spacial score (nSPS) is 13.0. The van der Waals surface area contributed by atoms with E-state index in [1.54, 1.807) is 18.2 Å². The molecule has 0 bridgehead atoms. The zero-order valence-electron chi connectivity index (χ0n) is 15.2. The van der Waals surface area contributed by atoms with Crippen molar-refractivity contribution in [1.29, 1.82) is 0 Å². The monoisotopic (exact) mass is 462 g/mol. The third-order valence-electron chi connectivity index (χ3n) is 3.33. The first-order valence-electron chi connectivity index (χ1n) is 7.49. The molecule has 0 aromatic heterocycles. The molecule has 0 spiro atoms. The van der Waals surface area contributed by atoms with Crippen molar-refractivity contribution in [2.45, 2.75) is 24.7 Å². The molecule has 7 nitrogen and oxygen atoms in total. The van der Waals surface area contributed by atoms with Gasteiger partial charge in [0, 0.05) is 0 Å². The standard InChI is InChI=1S/C16H19O7PS.2K/c17-24(18)23-16(25(19,20)21)11-5-7-13-6-4-10-15(12-13)22-14-8-2-1-3-9-14;;/h1-4,6,8-10,12,16,24H,5,7,11H2,(H,17,18)(H,19,20,21);;/q;2*+1/p-2/t16-;;/m0../s1. The summed E-state index contributed by atoms with van der Waals surface area (Å²) in [7, 11) is -8.58. The Morgan fingerprint density at radius 3 is 2.22 bits per heavy atom. The van der Waals surface area contributed by atoms with Crippen LogP contribution in [0.25, 0.3) is 0 Å². The van der Waals surface area contributed by atoms with Crippen LogP contribution in [0.4, 0.5) is 0 Å². The second-order valence-electron chi connectivity index (χ2n) is 5.24. The molecule has 0 fully saturated rings. The van der Waals surface area contributed by atoms with Gasteiger partial charge in [-0.25, -0.2) is 8.42 Å². The number of hydrogen-bond donors (Lipinski definition) is 0. The van der Waals surface area contributed by atoms with Crippen LogP contribution in [0.2, 0.25) is 0 Å². The van der Waals surface area contributed by atoms with Gasteiger partial charge in [0.1, 0.15) is 29.9 Å². The second kappa shape index (κ2) is 14.6. The largest absolute Gasteiger partial charge is 1.00 e. The van der Waals surface area contributed by atoms with Crippen LogP contribution in [-0.4, -0.2) is 18.4 Å². The fourth-order valence-corrected chi connectivity index (χ4v) is 3.73. The smallest absolute Gasteiger partial charge is 0.781 e. The van der Waals surface area contributed by atoms with Crippen molar-refractivity contribution in [1.82, 2.24) is 0 Å². The molecule has 0 saturated heterocycles. The fraction of sp³-hybridized carbons (Fsp3) is 0.250. The van der Waals surface area contributed by atoms with Crippen molar-refractivity contribution in [3.05, 3.63) is 60.2 Å². The van der Waals surface area contributed by atoms with Crippen LogP contribution in [-0.2, 0) is 25.6 Å². The molecule has 0 aliphatic heterocycles. The molecule has 0 saturated carbocycles. The Balaban J connectivity index is 0.00000338. The summed E-state index contributed by atoms with van der Waals surface area (Å²) in [5, 5.41) is 0. The molecule has 1 unspecified atom stereocenters. The fourth-order valence-electron chi connectivity index (χ4n) is 2.23. The third kappa shape index (κ3) is 11.5. The van der Waals surface area contributed by atoms with Gasteiger partial charge in [-0.15, -0.1) is 0 Å². The van der Waals surface area contributed by atoms with Gasteiger partial charge in [0.2, 0.25) is 0 Å². The predicted octanol–water partition coefficient (Wildman–Crippen LogP) is -3.55. The Bertz CT molecular complexity index is 819. The van der Waals surface area contributed by atoms with E-state index in [9.17, 15) is 22.4 Å². The van der Waals surface area contributed by atoms with Gasteiger partial charge in [0.05, 0.1) is 0 Å². The summed E-state index contributed by atoms with van der Waals surface area (Å²) in [4.78, 5) is 10.5. The van der Waals surface area contributed by atoms with Gasteiger partial charge in [-0.3, -0.25) is 0 Å². The molecule has 2 rings (SSSR count). The third-order valence-corrected chi connectivity index (χ3v) is 4.96. The van der Waals surface area contributed by atoms with Crippen molar-refractivity contribution in [2.75, 3.05) is 0 Å². The molecule has 136 valence electrons. The Morgan fingerprint density at radius 1 is 1.00 bits per heavy atom. The van der Waals surface area contributed by atoms with Gasteiger partial charge in [0.15, 0.2) is 5.44 Å². The predicted molar refractivity (Wildman–Crippen MR) is 89.5 cm³/mol. The molecule has 2 atom stereocenters. The van der Waals surface area contributed by atoms with Crippen molar-refractivity contribution in [3.8, 4) is 11.5 Å². The summed E-state index contributed by atoms with van der Waals surface area (Å²) < 4.78 is 53.5. The van der Waals surface area contributed by atoms with Gasteiger partial charge >= 0.3 is 103 Å². The van der Waals surface area contributed by atoms with Crippen LogP contribution in [0.3, 0.4) is 0 Å². The molecular weight excluding hydrogens is 445 g/mol. The van der Waals surface area contributed by atoms with Crippen LogP contribution < -0.4 is 112 Å². The summed E-state index contributed by atoms with van der Waals surface area (Å²) in [5.74, 6) is 1.31. The van der Waals surface area contributed by atoms with E-state index in [0.29, 0.717) is 17.9 Å². The van der Waals surface area contributed by atoms with Crippen molar-refractivity contribution in [2.24, 2.45) is 0 Å². The Labute approximate surface area is 244 Å². The Hall–Kier alpha value is 1.57.